The number of ether oxygens (including phenoxy) is 2. The zero-order valence-corrected chi connectivity index (χ0v) is 11.0. The van der Waals surface area contributed by atoms with Crippen LogP contribution in [0.25, 0.3) is 0 Å². The average Bonchev–Trinajstić information content (AvgIpc) is 2.83. The van der Waals surface area contributed by atoms with Crippen LogP contribution in [0.2, 0.25) is 0 Å². The SMILES string of the molecule is COC(=O)C(C)C(C)N1CCOC2CCCC21. The van der Waals surface area contributed by atoms with Gasteiger partial charge in [0.15, 0.2) is 0 Å². The molecule has 4 unspecified atom stereocenters. The van der Waals surface area contributed by atoms with Gasteiger partial charge in [0.05, 0.1) is 25.7 Å². The molecule has 1 saturated carbocycles. The maximum Gasteiger partial charge on any atom is 0.309 e. The molecule has 1 aliphatic carbocycles. The highest BCUT2D eigenvalue weighted by atomic mass is 16.5. The first kappa shape index (κ1) is 12.8. The highest BCUT2D eigenvalue weighted by molar-refractivity contribution is 5.72. The number of hydrogen-bond donors (Lipinski definition) is 0. The lowest BCUT2D eigenvalue weighted by Gasteiger charge is -2.42. The number of esters is 1. The molecule has 1 heterocycles. The molecule has 1 aliphatic heterocycles. The molecule has 0 bridgehead atoms. The van der Waals surface area contributed by atoms with Crippen LogP contribution in [0, 0.1) is 5.92 Å². The van der Waals surface area contributed by atoms with Gasteiger partial charge in [0.1, 0.15) is 0 Å². The number of carbonyl (C=O) groups is 1. The maximum atomic E-state index is 11.6. The Morgan fingerprint density at radius 1 is 1.41 bits per heavy atom. The molecular weight excluding hydrogens is 218 g/mol. The van der Waals surface area contributed by atoms with Gasteiger partial charge in [-0.15, -0.1) is 0 Å². The van der Waals surface area contributed by atoms with Gasteiger partial charge in [-0.3, -0.25) is 9.69 Å². The number of carbonyl (C=O) groups excluding carboxylic acids is 1. The van der Waals surface area contributed by atoms with Crippen molar-refractivity contribution < 1.29 is 14.3 Å². The van der Waals surface area contributed by atoms with Gasteiger partial charge in [0.2, 0.25) is 0 Å². The fourth-order valence-electron chi connectivity index (χ4n) is 3.13. The zero-order valence-electron chi connectivity index (χ0n) is 11.0. The third kappa shape index (κ3) is 2.47. The Balaban J connectivity index is 2.02. The lowest BCUT2D eigenvalue weighted by molar-refractivity contribution is -0.149. The molecule has 0 aromatic carbocycles. The third-order valence-electron chi connectivity index (χ3n) is 4.34. The summed E-state index contributed by atoms with van der Waals surface area (Å²) in [5.74, 6) is -0.183. The summed E-state index contributed by atoms with van der Waals surface area (Å²) in [7, 11) is 1.46. The van der Waals surface area contributed by atoms with Crippen molar-refractivity contribution in [2.45, 2.75) is 51.3 Å². The van der Waals surface area contributed by atoms with E-state index in [1.165, 1.54) is 26.4 Å². The van der Waals surface area contributed by atoms with Gasteiger partial charge in [-0.2, -0.15) is 0 Å². The van der Waals surface area contributed by atoms with Crippen LogP contribution in [-0.2, 0) is 14.3 Å². The van der Waals surface area contributed by atoms with Gasteiger partial charge in [-0.05, 0) is 26.2 Å². The molecule has 2 rings (SSSR count). The number of methoxy groups -OCH3 is 1. The molecule has 1 saturated heterocycles. The molecular formula is C13H23NO3. The smallest absolute Gasteiger partial charge is 0.309 e. The van der Waals surface area contributed by atoms with Gasteiger partial charge < -0.3 is 9.47 Å². The van der Waals surface area contributed by atoms with Crippen molar-refractivity contribution in [2.24, 2.45) is 5.92 Å². The van der Waals surface area contributed by atoms with Crippen molar-refractivity contribution in [3.63, 3.8) is 0 Å². The minimum atomic E-state index is -0.112. The van der Waals surface area contributed by atoms with Crippen LogP contribution in [-0.4, -0.2) is 49.3 Å². The second-order valence-electron chi connectivity index (χ2n) is 5.20. The number of hydrogen-bond acceptors (Lipinski definition) is 4. The highest BCUT2D eigenvalue weighted by Gasteiger charge is 2.40. The molecule has 0 N–H and O–H groups in total. The van der Waals surface area contributed by atoms with Crippen LogP contribution in [0.5, 0.6) is 0 Å². The second-order valence-corrected chi connectivity index (χ2v) is 5.20. The molecule has 4 atom stereocenters. The average molecular weight is 241 g/mol. The number of fused-ring (bicyclic) bond motifs is 1. The third-order valence-corrected chi connectivity index (χ3v) is 4.34. The van der Waals surface area contributed by atoms with E-state index < -0.39 is 0 Å². The number of morpholine rings is 1. The Hall–Kier alpha value is -0.610. The van der Waals surface area contributed by atoms with Crippen molar-refractivity contribution in [2.75, 3.05) is 20.3 Å². The van der Waals surface area contributed by atoms with Gasteiger partial charge in [0.25, 0.3) is 0 Å². The molecule has 0 amide bonds. The Kier molecular flexibility index (Phi) is 4.05. The van der Waals surface area contributed by atoms with Crippen LogP contribution >= 0.6 is 0 Å². The monoisotopic (exact) mass is 241 g/mol. The molecule has 4 heteroatoms. The summed E-state index contributed by atoms with van der Waals surface area (Å²) in [4.78, 5) is 14.1. The summed E-state index contributed by atoms with van der Waals surface area (Å²) in [5.41, 5.74) is 0. The minimum absolute atomic E-state index is 0.0700. The summed E-state index contributed by atoms with van der Waals surface area (Å²) in [6.07, 6.45) is 3.99. The van der Waals surface area contributed by atoms with E-state index in [2.05, 4.69) is 11.8 Å². The summed E-state index contributed by atoms with van der Waals surface area (Å²) >= 11 is 0. The fourth-order valence-corrected chi connectivity index (χ4v) is 3.13. The molecule has 17 heavy (non-hydrogen) atoms. The molecule has 0 aromatic heterocycles. The first-order valence-electron chi connectivity index (χ1n) is 6.60. The lowest BCUT2D eigenvalue weighted by Crippen LogP contribution is -2.54. The first-order chi connectivity index (χ1) is 8.15. The Morgan fingerprint density at radius 2 is 2.18 bits per heavy atom. The van der Waals surface area contributed by atoms with Crippen molar-refractivity contribution in [3.05, 3.63) is 0 Å². The molecule has 98 valence electrons. The Morgan fingerprint density at radius 3 is 2.88 bits per heavy atom. The van der Waals surface area contributed by atoms with Gasteiger partial charge in [-0.25, -0.2) is 0 Å². The van der Waals surface area contributed by atoms with Crippen molar-refractivity contribution in [1.82, 2.24) is 4.90 Å². The molecule has 0 spiro atoms. The van der Waals surface area contributed by atoms with Crippen molar-refractivity contribution in [1.29, 1.82) is 0 Å². The lowest BCUT2D eigenvalue weighted by atomic mass is 9.98. The van der Waals surface area contributed by atoms with Gasteiger partial charge in [0, 0.05) is 18.6 Å². The fraction of sp³-hybridized carbons (Fsp3) is 0.923. The van der Waals surface area contributed by atoms with E-state index >= 15 is 0 Å². The van der Waals surface area contributed by atoms with E-state index in [9.17, 15) is 4.79 Å². The van der Waals surface area contributed by atoms with Crippen LogP contribution in [0.4, 0.5) is 0 Å². The van der Waals surface area contributed by atoms with E-state index in [0.717, 1.165) is 13.2 Å². The number of rotatable bonds is 3. The predicted octanol–water partition coefficient (Wildman–Crippen LogP) is 1.44. The van der Waals surface area contributed by atoms with E-state index in [4.69, 9.17) is 9.47 Å². The molecule has 4 nitrogen and oxygen atoms in total. The topological polar surface area (TPSA) is 38.8 Å². The summed E-state index contributed by atoms with van der Waals surface area (Å²) in [6, 6.07) is 0.739. The van der Waals surface area contributed by atoms with Crippen molar-refractivity contribution >= 4 is 5.97 Å². The highest BCUT2D eigenvalue weighted by Crippen LogP contribution is 2.32. The number of nitrogens with zero attached hydrogens (tertiary/aromatic N) is 1. The summed E-state index contributed by atoms with van der Waals surface area (Å²) in [6.45, 7) is 5.81. The second kappa shape index (κ2) is 5.36. The van der Waals surface area contributed by atoms with Crippen LogP contribution in [0.3, 0.4) is 0 Å². The maximum absolute atomic E-state index is 11.6. The van der Waals surface area contributed by atoms with Gasteiger partial charge in [-0.1, -0.05) is 6.92 Å². The molecule has 2 aliphatic rings. The van der Waals surface area contributed by atoms with Crippen LogP contribution in [0.1, 0.15) is 33.1 Å². The summed E-state index contributed by atoms with van der Waals surface area (Å²) < 4.78 is 10.6. The van der Waals surface area contributed by atoms with E-state index in [1.807, 2.05) is 6.92 Å². The predicted molar refractivity (Wildman–Crippen MR) is 64.7 cm³/mol. The van der Waals surface area contributed by atoms with E-state index in [-0.39, 0.29) is 17.9 Å². The summed E-state index contributed by atoms with van der Waals surface area (Å²) in [5, 5.41) is 0. The Labute approximate surface area is 103 Å². The van der Waals surface area contributed by atoms with Gasteiger partial charge >= 0.3 is 5.97 Å². The molecule has 0 aromatic rings. The Bertz CT molecular complexity index is 282. The standard InChI is InChI=1S/C13H23NO3/c1-9(13(15)16-3)10(2)14-7-8-17-12-6-4-5-11(12)14/h9-12H,4-8H2,1-3H3. The van der Waals surface area contributed by atoms with Crippen LogP contribution in [0.15, 0.2) is 0 Å². The molecule has 0 radical (unpaired) electrons. The molecule has 2 fully saturated rings. The van der Waals surface area contributed by atoms with E-state index in [1.54, 1.807) is 0 Å². The zero-order chi connectivity index (χ0) is 12.4. The van der Waals surface area contributed by atoms with Crippen LogP contribution < -0.4 is 0 Å². The van der Waals surface area contributed by atoms with E-state index in [0.29, 0.717) is 12.1 Å². The minimum Gasteiger partial charge on any atom is -0.469 e. The largest absolute Gasteiger partial charge is 0.469 e. The van der Waals surface area contributed by atoms with Crippen molar-refractivity contribution in [3.8, 4) is 0 Å². The normalized spacial score (nSPS) is 32.9. The first-order valence-corrected chi connectivity index (χ1v) is 6.60. The quantitative estimate of drug-likeness (QED) is 0.701.